The Morgan fingerprint density at radius 2 is 2.10 bits per heavy atom. The summed E-state index contributed by atoms with van der Waals surface area (Å²) in [5.74, 6) is -3.33. The Hall–Kier alpha value is -3.51. The van der Waals surface area contributed by atoms with E-state index in [1.54, 1.807) is 24.8 Å². The van der Waals surface area contributed by atoms with Crippen molar-refractivity contribution in [3.8, 4) is 6.07 Å². The van der Waals surface area contributed by atoms with Gasteiger partial charge in [-0.1, -0.05) is 18.2 Å². The van der Waals surface area contributed by atoms with Crippen LogP contribution in [0.1, 0.15) is 38.7 Å². The summed E-state index contributed by atoms with van der Waals surface area (Å²) in [7, 11) is -2.13. The van der Waals surface area contributed by atoms with E-state index in [-0.39, 0.29) is 31.5 Å². The minimum absolute atomic E-state index is 0.0705. The largest absolute Gasteiger partial charge is 0.635 e. The Kier molecular flexibility index (Phi) is 9.33. The molecule has 0 aliphatic carbocycles. The Morgan fingerprint density at radius 3 is 2.78 bits per heavy atom. The monoisotopic (exact) mass is 573 g/mol. The first kappa shape index (κ1) is 30.5. The van der Waals surface area contributed by atoms with E-state index in [1.165, 1.54) is 17.2 Å². The van der Waals surface area contributed by atoms with Crippen LogP contribution >= 0.6 is 0 Å². The van der Waals surface area contributed by atoms with Gasteiger partial charge in [-0.2, -0.15) is 5.26 Å². The maximum Gasteiger partial charge on any atom is 0.635 e. The van der Waals surface area contributed by atoms with Crippen LogP contribution < -0.4 is 10.6 Å². The maximum absolute atomic E-state index is 13.8. The predicted molar refractivity (Wildman–Crippen MR) is 145 cm³/mol. The van der Waals surface area contributed by atoms with Gasteiger partial charge in [0.1, 0.15) is 23.5 Å². The smallest absolute Gasteiger partial charge is 0.464 e. The molecule has 4 N–H and O–H groups in total. The van der Waals surface area contributed by atoms with E-state index in [2.05, 4.69) is 10.6 Å². The van der Waals surface area contributed by atoms with Crippen molar-refractivity contribution >= 4 is 30.2 Å². The molecular formula is C27H34BF2N5O6. The zero-order chi connectivity index (χ0) is 29.8. The molecule has 14 heteroatoms. The summed E-state index contributed by atoms with van der Waals surface area (Å²) in [6.45, 7) is 3.55. The summed E-state index contributed by atoms with van der Waals surface area (Å²) in [5, 5.41) is 34.5. The predicted octanol–water partition coefficient (Wildman–Crippen LogP) is 2.15. The molecule has 11 nitrogen and oxygen atoms in total. The number of carbonyl (C=O) groups is 2. The summed E-state index contributed by atoms with van der Waals surface area (Å²) in [6, 6.07) is 8.12. The van der Waals surface area contributed by atoms with Gasteiger partial charge < -0.3 is 34.7 Å². The van der Waals surface area contributed by atoms with E-state index in [9.17, 15) is 33.7 Å². The van der Waals surface area contributed by atoms with Crippen molar-refractivity contribution in [3.05, 3.63) is 47.7 Å². The molecule has 0 spiro atoms. The number of carbonyl (C=O) groups excluding carboxylic acids is 2. The lowest BCUT2D eigenvalue weighted by Crippen LogP contribution is -2.50. The van der Waals surface area contributed by atoms with Crippen LogP contribution in [0, 0.1) is 11.3 Å². The van der Waals surface area contributed by atoms with Gasteiger partial charge in [0.05, 0.1) is 12.8 Å². The van der Waals surface area contributed by atoms with Gasteiger partial charge in [-0.25, -0.2) is 13.6 Å². The van der Waals surface area contributed by atoms with Gasteiger partial charge >= 0.3 is 13.4 Å². The van der Waals surface area contributed by atoms with Crippen molar-refractivity contribution in [2.75, 3.05) is 26.2 Å². The quantitative estimate of drug-likeness (QED) is 0.146. The third kappa shape index (κ3) is 7.62. The lowest BCUT2D eigenvalue weighted by Gasteiger charge is -2.33. The summed E-state index contributed by atoms with van der Waals surface area (Å²) >= 11 is 0. The van der Waals surface area contributed by atoms with E-state index in [0.717, 1.165) is 5.39 Å². The van der Waals surface area contributed by atoms with Crippen LogP contribution in [0.15, 0.2) is 46.6 Å². The first-order valence-corrected chi connectivity index (χ1v) is 13.5. The highest BCUT2D eigenvalue weighted by Gasteiger charge is 2.43. The van der Waals surface area contributed by atoms with Crippen LogP contribution in [-0.4, -0.2) is 89.0 Å². The summed E-state index contributed by atoms with van der Waals surface area (Å²) in [6.07, 6.45) is 2.90. The van der Waals surface area contributed by atoms with Crippen LogP contribution in [0.3, 0.4) is 0 Å². The highest BCUT2D eigenvalue weighted by Crippen LogP contribution is 2.33. The number of nitriles is 1. The fraction of sp³-hybridized carbons (Fsp3) is 0.519. The SMILES string of the molecule is CC(C)(C=C(C#N)C(=O)N1CCC[C@@H]1CNC(=O)N[C@@H](Cc1coc2ccccc12)OB(O)O)N1CCC(F)(F)C1. The third-order valence-corrected chi connectivity index (χ3v) is 7.51. The number of hydrogen-bond donors (Lipinski definition) is 4. The highest BCUT2D eigenvalue weighted by atomic mass is 19.3. The Labute approximate surface area is 236 Å². The van der Waals surface area contributed by atoms with Crippen LogP contribution in [0.2, 0.25) is 0 Å². The fourth-order valence-electron chi connectivity index (χ4n) is 5.36. The van der Waals surface area contributed by atoms with Gasteiger partial charge in [0.2, 0.25) is 0 Å². The molecule has 0 bridgehead atoms. The number of rotatable bonds is 10. The van der Waals surface area contributed by atoms with Gasteiger partial charge in [0, 0.05) is 55.0 Å². The highest BCUT2D eigenvalue weighted by molar-refractivity contribution is 6.32. The minimum Gasteiger partial charge on any atom is -0.464 e. The van der Waals surface area contributed by atoms with Crippen molar-refractivity contribution < 1.29 is 37.5 Å². The first-order chi connectivity index (χ1) is 19.4. The molecule has 1 aromatic heterocycles. The lowest BCUT2D eigenvalue weighted by molar-refractivity contribution is -0.127. The second-order valence-electron chi connectivity index (χ2n) is 10.9. The minimum atomic E-state index is -2.81. The molecule has 0 saturated carbocycles. The van der Waals surface area contributed by atoms with Crippen LogP contribution in [0.4, 0.5) is 13.6 Å². The summed E-state index contributed by atoms with van der Waals surface area (Å²) in [5.41, 5.74) is 0.254. The van der Waals surface area contributed by atoms with Gasteiger partial charge in [-0.15, -0.1) is 0 Å². The van der Waals surface area contributed by atoms with E-state index in [4.69, 9.17) is 9.07 Å². The van der Waals surface area contributed by atoms with Gasteiger partial charge in [0.15, 0.2) is 0 Å². The number of nitrogens with zero attached hydrogens (tertiary/aromatic N) is 3. The van der Waals surface area contributed by atoms with Crippen molar-refractivity contribution in [2.45, 2.75) is 63.3 Å². The molecule has 2 saturated heterocycles. The summed E-state index contributed by atoms with van der Waals surface area (Å²) in [4.78, 5) is 29.1. The first-order valence-electron chi connectivity index (χ1n) is 13.5. The van der Waals surface area contributed by atoms with E-state index < -0.39 is 49.5 Å². The molecule has 2 fully saturated rings. The second kappa shape index (κ2) is 12.6. The molecule has 41 heavy (non-hydrogen) atoms. The van der Waals surface area contributed by atoms with Crippen molar-refractivity contribution in [3.63, 3.8) is 0 Å². The number of benzene rings is 1. The van der Waals surface area contributed by atoms with Crippen LogP contribution in [-0.2, 0) is 15.9 Å². The number of urea groups is 1. The molecule has 3 heterocycles. The van der Waals surface area contributed by atoms with Gasteiger partial charge in [0.25, 0.3) is 11.8 Å². The molecule has 2 atom stereocenters. The standard InChI is InChI=1S/C27H34BF2N5O6/c1-26(2,34-11-9-27(29,30)17-34)13-19(14-31)24(36)35-10-5-6-20(35)15-32-25(37)33-23(41-28(38)39)12-18-16-40-22-8-4-3-7-21(18)22/h3-4,7-8,13,16,20,23,38-39H,5-6,9-12,15,17H2,1-2H3,(H2,32,33,37)/t20-,23-/m1/s1. The maximum atomic E-state index is 13.8. The third-order valence-electron chi connectivity index (χ3n) is 7.51. The molecule has 2 aliphatic rings. The fourth-order valence-corrected chi connectivity index (χ4v) is 5.36. The molecule has 1 aromatic carbocycles. The van der Waals surface area contributed by atoms with Gasteiger partial charge in [-0.3, -0.25) is 9.69 Å². The van der Waals surface area contributed by atoms with Crippen molar-refractivity contribution in [2.24, 2.45) is 0 Å². The Balaban J connectivity index is 1.36. The topological polar surface area (TPSA) is 151 Å². The van der Waals surface area contributed by atoms with Crippen molar-refractivity contribution in [1.29, 1.82) is 5.26 Å². The number of para-hydroxylation sites is 1. The zero-order valence-corrected chi connectivity index (χ0v) is 23.0. The number of furan rings is 1. The average molecular weight is 573 g/mol. The van der Waals surface area contributed by atoms with Crippen LogP contribution in [0.5, 0.6) is 0 Å². The van der Waals surface area contributed by atoms with Gasteiger partial charge in [-0.05, 0) is 38.8 Å². The number of fused-ring (bicyclic) bond motifs is 1. The van der Waals surface area contributed by atoms with E-state index >= 15 is 0 Å². The second-order valence-corrected chi connectivity index (χ2v) is 10.9. The molecule has 3 amide bonds. The lowest BCUT2D eigenvalue weighted by atomic mass is 9.98. The Bertz CT molecular complexity index is 1330. The number of nitrogens with one attached hydrogen (secondary N) is 2. The Morgan fingerprint density at radius 1 is 1.34 bits per heavy atom. The average Bonchev–Trinajstić information content (AvgIpc) is 3.64. The van der Waals surface area contributed by atoms with Crippen molar-refractivity contribution in [1.82, 2.24) is 20.4 Å². The number of halogens is 2. The molecule has 220 valence electrons. The zero-order valence-electron chi connectivity index (χ0n) is 23.0. The molecule has 0 radical (unpaired) electrons. The molecular weight excluding hydrogens is 539 g/mol. The van der Waals surface area contributed by atoms with Crippen LogP contribution in [0.25, 0.3) is 11.0 Å². The van der Waals surface area contributed by atoms with E-state index in [1.807, 2.05) is 24.3 Å². The molecule has 2 aliphatic heterocycles. The number of likely N-dealkylation sites (tertiary alicyclic amines) is 2. The number of alkyl halides is 2. The molecule has 2 aromatic rings. The van der Waals surface area contributed by atoms with E-state index in [0.29, 0.717) is 30.5 Å². The summed E-state index contributed by atoms with van der Waals surface area (Å²) < 4.78 is 38.1. The normalized spacial score (nSPS) is 20.2. The number of hydrogen-bond acceptors (Lipinski definition) is 8. The molecule has 4 rings (SSSR count). The molecule has 0 unspecified atom stereocenters. The number of amides is 3.